The summed E-state index contributed by atoms with van der Waals surface area (Å²) in [6, 6.07) is 0. The summed E-state index contributed by atoms with van der Waals surface area (Å²) >= 11 is 0. The molecule has 0 radical (unpaired) electrons. The Balaban J connectivity index is 1.57. The minimum absolute atomic E-state index is 0.176. The predicted molar refractivity (Wildman–Crippen MR) is 80.7 cm³/mol. The molecule has 20 heavy (non-hydrogen) atoms. The first kappa shape index (κ1) is 15.8. The van der Waals surface area contributed by atoms with Crippen LogP contribution >= 0.6 is 0 Å². The molecule has 2 N–H and O–H groups in total. The molecular weight excluding hydrogens is 252 g/mol. The first-order valence-electron chi connectivity index (χ1n) is 8.42. The van der Waals surface area contributed by atoms with Crippen LogP contribution in [0.25, 0.3) is 0 Å². The molecule has 0 aromatic heterocycles. The maximum absolute atomic E-state index is 12.2. The number of hydrogen-bond acceptors (Lipinski definition) is 3. The highest BCUT2D eigenvalue weighted by Gasteiger charge is 2.38. The minimum atomic E-state index is -0.301. The second-order valence-electron chi connectivity index (χ2n) is 6.21. The summed E-state index contributed by atoms with van der Waals surface area (Å²) < 4.78 is 5.87. The summed E-state index contributed by atoms with van der Waals surface area (Å²) in [7, 11) is 0. The highest BCUT2D eigenvalue weighted by atomic mass is 16.5. The first-order chi connectivity index (χ1) is 9.77. The number of hydrogen-bond donors (Lipinski definition) is 2. The molecule has 1 saturated heterocycles. The fraction of sp³-hybridized carbons (Fsp3) is 0.938. The maximum atomic E-state index is 12.2. The van der Waals surface area contributed by atoms with Gasteiger partial charge in [-0.25, -0.2) is 0 Å². The van der Waals surface area contributed by atoms with E-state index in [0.29, 0.717) is 6.10 Å². The van der Waals surface area contributed by atoms with E-state index in [9.17, 15) is 4.79 Å². The van der Waals surface area contributed by atoms with Gasteiger partial charge in [0.25, 0.3) is 0 Å². The number of amides is 1. The Bertz CT molecular complexity index is 295. The lowest BCUT2D eigenvalue weighted by molar-refractivity contribution is -0.127. The monoisotopic (exact) mass is 282 g/mol. The molecule has 0 spiro atoms. The maximum Gasteiger partial charge on any atom is 0.240 e. The molecular formula is C16H30N2O2. The third-order valence-corrected chi connectivity index (χ3v) is 4.79. The van der Waals surface area contributed by atoms with Crippen molar-refractivity contribution in [3.05, 3.63) is 0 Å². The smallest absolute Gasteiger partial charge is 0.240 e. The zero-order chi connectivity index (χ0) is 14.3. The summed E-state index contributed by atoms with van der Waals surface area (Å²) in [6.45, 7) is 4.56. The van der Waals surface area contributed by atoms with Crippen LogP contribution in [0.15, 0.2) is 0 Å². The van der Waals surface area contributed by atoms with E-state index in [0.717, 1.165) is 45.4 Å². The summed E-state index contributed by atoms with van der Waals surface area (Å²) in [5, 5.41) is 6.44. The molecule has 1 amide bonds. The lowest BCUT2D eigenvalue weighted by Crippen LogP contribution is -2.53. The fourth-order valence-electron chi connectivity index (χ4n) is 3.39. The van der Waals surface area contributed by atoms with Gasteiger partial charge in [0.05, 0.1) is 11.6 Å². The molecule has 1 saturated carbocycles. The van der Waals surface area contributed by atoms with E-state index in [1.165, 1.54) is 32.1 Å². The third-order valence-electron chi connectivity index (χ3n) is 4.79. The molecule has 1 heterocycles. The number of nitrogens with one attached hydrogen (secondary N) is 2. The van der Waals surface area contributed by atoms with Gasteiger partial charge in [0.2, 0.25) is 5.91 Å². The molecule has 1 aliphatic heterocycles. The Labute approximate surface area is 123 Å². The van der Waals surface area contributed by atoms with Crippen LogP contribution in [0.1, 0.15) is 64.7 Å². The first-order valence-corrected chi connectivity index (χ1v) is 8.42. The van der Waals surface area contributed by atoms with E-state index in [1.54, 1.807) is 0 Å². The van der Waals surface area contributed by atoms with Crippen molar-refractivity contribution >= 4 is 5.91 Å². The van der Waals surface area contributed by atoms with Crippen molar-refractivity contribution in [2.24, 2.45) is 0 Å². The Morgan fingerprint density at radius 3 is 2.75 bits per heavy atom. The molecule has 1 aliphatic carbocycles. The highest BCUT2D eigenvalue weighted by molar-refractivity contribution is 5.86. The molecule has 4 heteroatoms. The Kier molecular flexibility index (Phi) is 6.30. The lowest BCUT2D eigenvalue weighted by atomic mass is 9.93. The SMILES string of the molecule is CCC1(C(=O)NCCCOC2CCCCC2)CCCN1. The molecule has 0 aromatic rings. The van der Waals surface area contributed by atoms with Gasteiger partial charge < -0.3 is 15.4 Å². The summed E-state index contributed by atoms with van der Waals surface area (Å²) in [5.41, 5.74) is -0.301. The van der Waals surface area contributed by atoms with Gasteiger partial charge in [0, 0.05) is 13.2 Å². The molecule has 4 nitrogen and oxygen atoms in total. The second-order valence-corrected chi connectivity index (χ2v) is 6.21. The average Bonchev–Trinajstić information content (AvgIpc) is 2.98. The topological polar surface area (TPSA) is 50.4 Å². The second kappa shape index (κ2) is 7.99. The van der Waals surface area contributed by atoms with Crippen molar-refractivity contribution in [3.8, 4) is 0 Å². The van der Waals surface area contributed by atoms with Crippen molar-refractivity contribution in [2.75, 3.05) is 19.7 Å². The van der Waals surface area contributed by atoms with Crippen molar-refractivity contribution in [1.29, 1.82) is 0 Å². The number of carbonyl (C=O) groups excluding carboxylic acids is 1. The molecule has 1 unspecified atom stereocenters. The van der Waals surface area contributed by atoms with E-state index in [-0.39, 0.29) is 11.4 Å². The van der Waals surface area contributed by atoms with Crippen LogP contribution in [0.3, 0.4) is 0 Å². The van der Waals surface area contributed by atoms with Crippen LogP contribution in [0.4, 0.5) is 0 Å². The molecule has 2 aliphatic rings. The molecule has 116 valence electrons. The molecule has 0 bridgehead atoms. The van der Waals surface area contributed by atoms with Gasteiger partial charge in [-0.2, -0.15) is 0 Å². The predicted octanol–water partition coefficient (Wildman–Crippen LogP) is 2.37. The summed E-state index contributed by atoms with van der Waals surface area (Å²) in [5.74, 6) is 0.176. The van der Waals surface area contributed by atoms with Crippen molar-refractivity contribution in [1.82, 2.24) is 10.6 Å². The van der Waals surface area contributed by atoms with Crippen molar-refractivity contribution < 1.29 is 9.53 Å². The average molecular weight is 282 g/mol. The normalized spacial score (nSPS) is 27.6. The van der Waals surface area contributed by atoms with Crippen LogP contribution in [-0.4, -0.2) is 37.2 Å². The summed E-state index contributed by atoms with van der Waals surface area (Å²) in [4.78, 5) is 12.2. The zero-order valence-corrected chi connectivity index (χ0v) is 12.9. The third kappa shape index (κ3) is 4.19. The van der Waals surface area contributed by atoms with E-state index >= 15 is 0 Å². The Hall–Kier alpha value is -0.610. The van der Waals surface area contributed by atoms with E-state index in [4.69, 9.17) is 4.74 Å². The standard InChI is InChI=1S/C16H30N2O2/c1-2-16(10-6-12-18-16)15(19)17-11-7-13-20-14-8-4-3-5-9-14/h14,18H,2-13H2,1H3,(H,17,19). The van der Waals surface area contributed by atoms with E-state index < -0.39 is 0 Å². The summed E-state index contributed by atoms with van der Waals surface area (Å²) in [6.07, 6.45) is 10.8. The largest absolute Gasteiger partial charge is 0.378 e. The van der Waals surface area contributed by atoms with E-state index in [1.807, 2.05) is 0 Å². The minimum Gasteiger partial charge on any atom is -0.378 e. The van der Waals surface area contributed by atoms with Crippen LogP contribution in [0, 0.1) is 0 Å². The van der Waals surface area contributed by atoms with Gasteiger partial charge in [0.1, 0.15) is 0 Å². The van der Waals surface area contributed by atoms with Crippen LogP contribution in [-0.2, 0) is 9.53 Å². The van der Waals surface area contributed by atoms with Gasteiger partial charge in [0.15, 0.2) is 0 Å². The van der Waals surface area contributed by atoms with Gasteiger partial charge in [-0.1, -0.05) is 26.2 Å². The van der Waals surface area contributed by atoms with E-state index in [2.05, 4.69) is 17.6 Å². The van der Waals surface area contributed by atoms with Crippen LogP contribution < -0.4 is 10.6 Å². The highest BCUT2D eigenvalue weighted by Crippen LogP contribution is 2.23. The fourth-order valence-corrected chi connectivity index (χ4v) is 3.39. The number of ether oxygens (including phenoxy) is 1. The van der Waals surface area contributed by atoms with Gasteiger partial charge >= 0.3 is 0 Å². The Morgan fingerprint density at radius 2 is 2.10 bits per heavy atom. The quantitative estimate of drug-likeness (QED) is 0.705. The van der Waals surface area contributed by atoms with Crippen molar-refractivity contribution in [3.63, 3.8) is 0 Å². The number of carbonyl (C=O) groups is 1. The molecule has 2 fully saturated rings. The zero-order valence-electron chi connectivity index (χ0n) is 12.9. The van der Waals surface area contributed by atoms with Crippen molar-refractivity contribution in [2.45, 2.75) is 76.4 Å². The van der Waals surface area contributed by atoms with Gasteiger partial charge in [-0.3, -0.25) is 4.79 Å². The van der Waals surface area contributed by atoms with Gasteiger partial charge in [-0.15, -0.1) is 0 Å². The number of rotatable bonds is 7. The molecule has 1 atom stereocenters. The Morgan fingerprint density at radius 1 is 1.30 bits per heavy atom. The molecule has 0 aromatic carbocycles. The lowest BCUT2D eigenvalue weighted by Gasteiger charge is -2.27. The molecule has 2 rings (SSSR count). The van der Waals surface area contributed by atoms with Gasteiger partial charge in [-0.05, 0) is 45.1 Å². The van der Waals surface area contributed by atoms with Crippen LogP contribution in [0.2, 0.25) is 0 Å². The van der Waals surface area contributed by atoms with Crippen LogP contribution in [0.5, 0.6) is 0 Å².